The van der Waals surface area contributed by atoms with E-state index < -0.39 is 23.3 Å². The van der Waals surface area contributed by atoms with Crippen LogP contribution < -0.4 is 4.90 Å². The number of pyridine rings is 1. The number of likely N-dealkylation sites (tertiary alicyclic amines) is 2. The topological polar surface area (TPSA) is 66.0 Å². The monoisotopic (exact) mass is 450 g/mol. The number of rotatable bonds is 3. The van der Waals surface area contributed by atoms with Gasteiger partial charge in [-0.15, -0.1) is 0 Å². The zero-order valence-corrected chi connectivity index (χ0v) is 18.0. The average molecular weight is 450 g/mol. The first-order valence-corrected chi connectivity index (χ1v) is 10.9. The van der Waals surface area contributed by atoms with Crippen molar-refractivity contribution in [2.45, 2.75) is 50.6 Å². The second kappa shape index (κ2) is 7.19. The van der Waals surface area contributed by atoms with E-state index in [0.29, 0.717) is 37.1 Å². The van der Waals surface area contributed by atoms with Crippen LogP contribution in [0.2, 0.25) is 0 Å². The molecule has 7 nitrogen and oxygen atoms in total. The van der Waals surface area contributed by atoms with Gasteiger partial charge in [0, 0.05) is 50.8 Å². The highest BCUT2D eigenvalue weighted by Gasteiger charge is 2.58. The third-order valence-corrected chi connectivity index (χ3v) is 7.39. The van der Waals surface area contributed by atoms with E-state index in [4.69, 9.17) is 4.74 Å². The smallest absolute Gasteiger partial charge is 0.416 e. The van der Waals surface area contributed by atoms with Gasteiger partial charge in [-0.2, -0.15) is 13.2 Å². The Morgan fingerprint density at radius 3 is 2.56 bits per heavy atom. The summed E-state index contributed by atoms with van der Waals surface area (Å²) in [6.45, 7) is 6.96. The Balaban J connectivity index is 1.30. The fourth-order valence-electron chi connectivity index (χ4n) is 5.33. The molecule has 4 aliphatic heterocycles. The van der Waals surface area contributed by atoms with Gasteiger partial charge in [-0.3, -0.25) is 4.79 Å². The number of anilines is 1. The van der Waals surface area contributed by atoms with Crippen molar-refractivity contribution in [2.75, 3.05) is 37.6 Å². The summed E-state index contributed by atoms with van der Waals surface area (Å²) in [6.07, 6.45) is -2.08. The lowest BCUT2D eigenvalue weighted by Gasteiger charge is -2.62. The molecular weight excluding hydrogens is 425 g/mol. The van der Waals surface area contributed by atoms with E-state index in [2.05, 4.69) is 16.8 Å². The fourth-order valence-corrected chi connectivity index (χ4v) is 5.33. The van der Waals surface area contributed by atoms with Gasteiger partial charge in [0.1, 0.15) is 11.4 Å². The molecule has 2 atom stereocenters. The largest absolute Gasteiger partial charge is 0.450 e. The average Bonchev–Trinajstić information content (AvgIpc) is 2.98. The van der Waals surface area contributed by atoms with Crippen molar-refractivity contribution in [2.24, 2.45) is 0 Å². The van der Waals surface area contributed by atoms with Gasteiger partial charge in [-0.25, -0.2) is 9.78 Å². The highest BCUT2D eigenvalue weighted by Crippen LogP contribution is 2.45. The summed E-state index contributed by atoms with van der Waals surface area (Å²) < 4.78 is 44.8. The Kier molecular flexibility index (Phi) is 4.77. The molecule has 3 saturated heterocycles. The molecule has 0 bridgehead atoms. The molecule has 1 spiro atoms. The van der Waals surface area contributed by atoms with Crippen molar-refractivity contribution in [3.63, 3.8) is 0 Å². The molecule has 0 saturated carbocycles. The highest BCUT2D eigenvalue weighted by atomic mass is 19.4. The Morgan fingerprint density at radius 2 is 1.97 bits per heavy atom. The summed E-state index contributed by atoms with van der Waals surface area (Å²) in [4.78, 5) is 35.7. The van der Waals surface area contributed by atoms with E-state index in [-0.39, 0.29) is 23.8 Å². The molecule has 32 heavy (non-hydrogen) atoms. The summed E-state index contributed by atoms with van der Waals surface area (Å²) in [5.74, 6) is -0.346. The van der Waals surface area contributed by atoms with Crippen LogP contribution in [0.1, 0.15) is 32.3 Å². The number of hydrogen-bond acceptors (Lipinski definition) is 6. The molecule has 5 heterocycles. The molecule has 0 N–H and O–H groups in total. The summed E-state index contributed by atoms with van der Waals surface area (Å²) in [5.41, 5.74) is -0.756. The van der Waals surface area contributed by atoms with E-state index in [1.54, 1.807) is 16.7 Å². The Hall–Kier alpha value is -2.62. The number of nitrogens with zero attached hydrogens (tertiary/aromatic N) is 4. The number of ether oxygens (including phenoxy) is 1. The number of piperazine rings is 1. The molecule has 3 fully saturated rings. The van der Waals surface area contributed by atoms with E-state index >= 15 is 0 Å². The van der Waals surface area contributed by atoms with Crippen molar-refractivity contribution in [3.05, 3.63) is 35.0 Å². The van der Waals surface area contributed by atoms with Gasteiger partial charge in [0.2, 0.25) is 0 Å². The minimum absolute atomic E-state index is 0.0632. The van der Waals surface area contributed by atoms with Gasteiger partial charge < -0.3 is 19.4 Å². The highest BCUT2D eigenvalue weighted by molar-refractivity contribution is 6.07. The minimum atomic E-state index is -4.43. The Morgan fingerprint density at radius 1 is 1.25 bits per heavy atom. The molecule has 1 aromatic heterocycles. The first kappa shape index (κ1) is 21.2. The number of alkyl halides is 3. The van der Waals surface area contributed by atoms with Crippen LogP contribution in [0.25, 0.3) is 0 Å². The third-order valence-electron chi connectivity index (χ3n) is 7.39. The van der Waals surface area contributed by atoms with Crippen molar-refractivity contribution in [1.29, 1.82) is 0 Å². The van der Waals surface area contributed by atoms with E-state index in [1.165, 1.54) is 0 Å². The summed E-state index contributed by atoms with van der Waals surface area (Å²) in [7, 11) is 0. The van der Waals surface area contributed by atoms with E-state index in [9.17, 15) is 22.8 Å². The van der Waals surface area contributed by atoms with Gasteiger partial charge in [0.15, 0.2) is 0 Å². The van der Waals surface area contributed by atoms with Gasteiger partial charge in [-0.05, 0) is 25.6 Å². The van der Waals surface area contributed by atoms with Crippen LogP contribution in [-0.4, -0.2) is 77.1 Å². The molecule has 0 radical (unpaired) electrons. The van der Waals surface area contributed by atoms with E-state index in [1.807, 2.05) is 0 Å². The second-order valence-corrected chi connectivity index (χ2v) is 8.96. The number of aromatic nitrogens is 1. The zero-order chi connectivity index (χ0) is 22.8. The normalized spacial score (nSPS) is 27.2. The van der Waals surface area contributed by atoms with Crippen LogP contribution in [0.15, 0.2) is 29.5 Å². The van der Waals surface area contributed by atoms with Gasteiger partial charge in [-0.1, -0.05) is 6.92 Å². The first-order chi connectivity index (χ1) is 15.1. The van der Waals surface area contributed by atoms with Crippen molar-refractivity contribution >= 4 is 17.7 Å². The van der Waals surface area contributed by atoms with Crippen molar-refractivity contribution in [1.82, 2.24) is 14.8 Å². The molecule has 0 aromatic carbocycles. The maximum absolute atomic E-state index is 13.5. The van der Waals surface area contributed by atoms with Crippen LogP contribution in [0.4, 0.5) is 19.0 Å². The Bertz CT molecular complexity index is 1000. The van der Waals surface area contributed by atoms with E-state index in [0.717, 1.165) is 38.0 Å². The SMILES string of the molecule is CCN1CCC2(CC1)OC(=O)C(C)=C2C(=O)N1CC2C1CN2c1cc(C(F)(F)F)ccn1. The lowest BCUT2D eigenvalue weighted by molar-refractivity contribution is -0.153. The maximum atomic E-state index is 13.5. The number of halogens is 3. The number of carbonyl (C=O) groups is 2. The maximum Gasteiger partial charge on any atom is 0.416 e. The van der Waals surface area contributed by atoms with Crippen LogP contribution in [0.5, 0.6) is 0 Å². The number of esters is 1. The quantitative estimate of drug-likeness (QED) is 0.659. The van der Waals surface area contributed by atoms with Crippen molar-refractivity contribution < 1.29 is 27.5 Å². The summed E-state index contributed by atoms with van der Waals surface area (Å²) in [6, 6.07) is 1.84. The lowest BCUT2D eigenvalue weighted by atomic mass is 9.79. The molecular formula is C22H25F3N4O3. The van der Waals surface area contributed by atoms with Gasteiger partial charge in [0.25, 0.3) is 5.91 Å². The molecule has 2 unspecified atom stereocenters. The minimum Gasteiger partial charge on any atom is -0.450 e. The molecule has 1 amide bonds. The van der Waals surface area contributed by atoms with Crippen LogP contribution in [-0.2, 0) is 20.5 Å². The first-order valence-electron chi connectivity index (χ1n) is 10.9. The van der Waals surface area contributed by atoms with Crippen LogP contribution in [0.3, 0.4) is 0 Å². The number of fused-ring (bicyclic) bond motifs is 1. The zero-order valence-electron chi connectivity index (χ0n) is 18.0. The predicted molar refractivity (Wildman–Crippen MR) is 109 cm³/mol. The number of hydrogen-bond donors (Lipinski definition) is 0. The molecule has 0 aliphatic carbocycles. The number of carbonyl (C=O) groups excluding carboxylic acids is 2. The fraction of sp³-hybridized carbons (Fsp3) is 0.591. The third kappa shape index (κ3) is 3.10. The van der Waals surface area contributed by atoms with Gasteiger partial charge >= 0.3 is 12.1 Å². The number of piperidine rings is 1. The summed E-state index contributed by atoms with van der Waals surface area (Å²) in [5, 5.41) is 0. The second-order valence-electron chi connectivity index (χ2n) is 8.96. The molecule has 1 aromatic rings. The Labute approximate surface area is 183 Å². The molecule has 5 rings (SSSR count). The summed E-state index contributed by atoms with van der Waals surface area (Å²) >= 11 is 0. The van der Waals surface area contributed by atoms with Gasteiger partial charge in [0.05, 0.1) is 23.2 Å². The number of amides is 1. The molecule has 10 heteroatoms. The molecule has 172 valence electrons. The lowest BCUT2D eigenvalue weighted by Crippen LogP contribution is -2.80. The van der Waals surface area contributed by atoms with Crippen LogP contribution >= 0.6 is 0 Å². The standard InChI is InChI=1S/C22H25F3N4O3/c1-3-27-8-5-21(6-9-27)18(13(2)20(31)32-21)19(30)29-12-15-16(29)11-28(15)17-10-14(4-7-26-17)22(23,24)25/h4,7,10,15-16H,3,5-6,8-9,11-12H2,1-2H3. The molecule has 4 aliphatic rings. The predicted octanol–water partition coefficient (Wildman–Crippen LogP) is 2.23. The van der Waals surface area contributed by atoms with Crippen LogP contribution in [0, 0.1) is 0 Å². The van der Waals surface area contributed by atoms with Crippen molar-refractivity contribution in [3.8, 4) is 0 Å².